The predicted octanol–water partition coefficient (Wildman–Crippen LogP) is 4.10. The average molecular weight is 353 g/mol. The molecule has 0 heterocycles. The van der Waals surface area contributed by atoms with E-state index in [0.29, 0.717) is 11.5 Å². The summed E-state index contributed by atoms with van der Waals surface area (Å²) in [6.07, 6.45) is 1.73. The van der Waals surface area contributed by atoms with Crippen molar-refractivity contribution in [2.24, 2.45) is 0 Å². The van der Waals surface area contributed by atoms with E-state index < -0.39 is 5.97 Å². The molecule has 4 nitrogen and oxygen atoms in total. The van der Waals surface area contributed by atoms with E-state index >= 15 is 0 Å². The summed E-state index contributed by atoms with van der Waals surface area (Å²) in [6, 6.07) is 17.4. The van der Waals surface area contributed by atoms with Crippen molar-refractivity contribution < 1.29 is 14.3 Å². The molecule has 0 saturated carbocycles. The minimum atomic E-state index is -0.479. The van der Waals surface area contributed by atoms with Gasteiger partial charge in [-0.2, -0.15) is 0 Å². The van der Waals surface area contributed by atoms with Gasteiger partial charge in [0.2, 0.25) is 0 Å². The minimum Gasteiger partial charge on any atom is -0.452 e. The molecule has 0 aliphatic carbocycles. The maximum atomic E-state index is 12.0. The highest BCUT2D eigenvalue weighted by Gasteiger charge is 2.12. The lowest BCUT2D eigenvalue weighted by Gasteiger charge is -2.14. The number of ether oxygens (including phenoxy) is 1. The van der Waals surface area contributed by atoms with Crippen LogP contribution in [-0.4, -0.2) is 24.5 Å². The quantitative estimate of drug-likeness (QED) is 0.727. The van der Waals surface area contributed by atoms with Crippen LogP contribution in [0.15, 0.2) is 54.6 Å². The number of aryl methyl sites for hydroxylation is 1. The van der Waals surface area contributed by atoms with Gasteiger partial charge in [0, 0.05) is 6.04 Å². The number of hydrogen-bond donors (Lipinski definition) is 1. The van der Waals surface area contributed by atoms with Crippen molar-refractivity contribution in [3.63, 3.8) is 0 Å². The normalized spacial score (nSPS) is 11.8. The van der Waals surface area contributed by atoms with Crippen LogP contribution in [0.4, 0.5) is 0 Å². The topological polar surface area (TPSA) is 55.4 Å². The lowest BCUT2D eigenvalue weighted by atomic mass is 10.0. The van der Waals surface area contributed by atoms with Gasteiger partial charge in [0.1, 0.15) is 0 Å². The fraction of sp³-hybridized carbons (Fsp3) is 0.364. The third-order valence-corrected chi connectivity index (χ3v) is 4.26. The first-order chi connectivity index (χ1) is 12.5. The zero-order valence-electron chi connectivity index (χ0n) is 15.7. The van der Waals surface area contributed by atoms with Gasteiger partial charge < -0.3 is 10.1 Å². The number of benzene rings is 2. The monoisotopic (exact) mass is 353 g/mol. The third-order valence-electron chi connectivity index (χ3n) is 4.26. The number of esters is 1. The Bertz CT molecular complexity index is 708. The molecule has 0 aliphatic heterocycles. The minimum absolute atomic E-state index is 0.0201. The van der Waals surface area contributed by atoms with Gasteiger partial charge in [0.05, 0.1) is 5.56 Å². The Hall–Kier alpha value is -2.62. The molecule has 0 bridgehead atoms. The first-order valence-electron chi connectivity index (χ1n) is 9.06. The van der Waals surface area contributed by atoms with E-state index in [9.17, 15) is 9.59 Å². The lowest BCUT2D eigenvalue weighted by molar-refractivity contribution is -0.124. The van der Waals surface area contributed by atoms with Gasteiger partial charge in [0.25, 0.3) is 5.91 Å². The highest BCUT2D eigenvalue weighted by Crippen LogP contribution is 2.15. The maximum Gasteiger partial charge on any atom is 0.338 e. The van der Waals surface area contributed by atoms with Gasteiger partial charge in [-0.15, -0.1) is 0 Å². The zero-order valence-corrected chi connectivity index (χ0v) is 15.7. The summed E-state index contributed by atoms with van der Waals surface area (Å²) in [5, 5.41) is 2.86. The van der Waals surface area contributed by atoms with Gasteiger partial charge in [-0.1, -0.05) is 56.3 Å². The van der Waals surface area contributed by atoms with E-state index in [1.54, 1.807) is 12.1 Å². The van der Waals surface area contributed by atoms with Crippen molar-refractivity contribution in [2.45, 2.75) is 45.6 Å². The standard InChI is InChI=1S/C22H27NO3/c1-16(2)19-11-13-20(14-12-19)22(25)26-15-21(24)23-17(3)9-10-18-7-5-4-6-8-18/h4-8,11-14,16-17H,9-10,15H2,1-3H3,(H,23,24)/t17-/m1/s1. The molecule has 0 unspecified atom stereocenters. The van der Waals surface area contributed by atoms with E-state index in [0.717, 1.165) is 18.4 Å². The summed E-state index contributed by atoms with van der Waals surface area (Å²) >= 11 is 0. The summed E-state index contributed by atoms with van der Waals surface area (Å²) in [4.78, 5) is 24.0. The number of nitrogens with one attached hydrogen (secondary N) is 1. The molecule has 0 aromatic heterocycles. The van der Waals surface area contributed by atoms with Crippen LogP contribution in [0.3, 0.4) is 0 Å². The van der Waals surface area contributed by atoms with E-state index in [1.807, 2.05) is 37.3 Å². The summed E-state index contributed by atoms with van der Waals surface area (Å²) in [7, 11) is 0. The Morgan fingerprint density at radius 3 is 2.23 bits per heavy atom. The van der Waals surface area contributed by atoms with Gasteiger partial charge in [0.15, 0.2) is 6.61 Å². The number of amides is 1. The average Bonchev–Trinajstić information content (AvgIpc) is 2.65. The van der Waals surface area contributed by atoms with Crippen LogP contribution in [0.25, 0.3) is 0 Å². The Kier molecular flexibility index (Phi) is 7.39. The molecule has 1 amide bonds. The molecule has 4 heteroatoms. The third kappa shape index (κ3) is 6.36. The van der Waals surface area contributed by atoms with Crippen LogP contribution in [0.1, 0.15) is 54.6 Å². The molecule has 2 rings (SSSR count). The number of carbonyl (C=O) groups excluding carboxylic acids is 2. The molecule has 0 fully saturated rings. The van der Waals surface area contributed by atoms with Crippen LogP contribution >= 0.6 is 0 Å². The zero-order chi connectivity index (χ0) is 18.9. The van der Waals surface area contributed by atoms with Crippen molar-refractivity contribution in [3.05, 3.63) is 71.3 Å². The molecule has 2 aromatic carbocycles. The summed E-state index contributed by atoms with van der Waals surface area (Å²) < 4.78 is 5.10. The highest BCUT2D eigenvalue weighted by atomic mass is 16.5. The van der Waals surface area contributed by atoms with Crippen LogP contribution in [0.5, 0.6) is 0 Å². The van der Waals surface area contributed by atoms with E-state index in [-0.39, 0.29) is 18.6 Å². The smallest absolute Gasteiger partial charge is 0.338 e. The molecular formula is C22H27NO3. The summed E-state index contributed by atoms with van der Waals surface area (Å²) in [5.41, 5.74) is 2.86. The molecule has 0 saturated heterocycles. The molecule has 0 aliphatic rings. The van der Waals surface area contributed by atoms with Crippen LogP contribution in [0.2, 0.25) is 0 Å². The van der Waals surface area contributed by atoms with Gasteiger partial charge >= 0.3 is 5.97 Å². The Morgan fingerprint density at radius 2 is 1.62 bits per heavy atom. The maximum absolute atomic E-state index is 12.0. The van der Waals surface area contributed by atoms with Crippen molar-refractivity contribution in [1.82, 2.24) is 5.32 Å². The van der Waals surface area contributed by atoms with E-state index in [1.165, 1.54) is 5.56 Å². The summed E-state index contributed by atoms with van der Waals surface area (Å²) in [5.74, 6) is -0.353. The first kappa shape index (κ1) is 19.7. The fourth-order valence-electron chi connectivity index (χ4n) is 2.64. The van der Waals surface area contributed by atoms with E-state index in [4.69, 9.17) is 4.74 Å². The number of carbonyl (C=O) groups is 2. The van der Waals surface area contributed by atoms with Crippen molar-refractivity contribution in [2.75, 3.05) is 6.61 Å². The SMILES string of the molecule is CC(C)c1ccc(C(=O)OCC(=O)N[C@H](C)CCc2ccccc2)cc1. The van der Waals surface area contributed by atoms with Gasteiger partial charge in [-0.25, -0.2) is 4.79 Å². The first-order valence-corrected chi connectivity index (χ1v) is 9.06. The summed E-state index contributed by atoms with van der Waals surface area (Å²) in [6.45, 7) is 5.88. The Balaban J connectivity index is 1.72. The van der Waals surface area contributed by atoms with Crippen molar-refractivity contribution in [1.29, 1.82) is 0 Å². The van der Waals surface area contributed by atoms with Gasteiger partial charge in [-0.3, -0.25) is 4.79 Å². The molecule has 0 radical (unpaired) electrons. The van der Waals surface area contributed by atoms with Crippen molar-refractivity contribution >= 4 is 11.9 Å². The molecule has 0 spiro atoms. The molecule has 1 atom stereocenters. The largest absolute Gasteiger partial charge is 0.452 e. The Morgan fingerprint density at radius 1 is 0.962 bits per heavy atom. The highest BCUT2D eigenvalue weighted by molar-refractivity contribution is 5.91. The van der Waals surface area contributed by atoms with Crippen molar-refractivity contribution in [3.8, 4) is 0 Å². The fourth-order valence-corrected chi connectivity index (χ4v) is 2.64. The Labute approximate surface area is 155 Å². The van der Waals surface area contributed by atoms with Crippen LogP contribution in [0, 0.1) is 0 Å². The second kappa shape index (κ2) is 9.76. The lowest BCUT2D eigenvalue weighted by Crippen LogP contribution is -2.36. The molecule has 26 heavy (non-hydrogen) atoms. The molecule has 1 N–H and O–H groups in total. The molecule has 138 valence electrons. The molecule has 2 aromatic rings. The van der Waals surface area contributed by atoms with E-state index in [2.05, 4.69) is 31.3 Å². The number of rotatable bonds is 8. The predicted molar refractivity (Wildman–Crippen MR) is 103 cm³/mol. The van der Waals surface area contributed by atoms with Crippen LogP contribution in [-0.2, 0) is 16.0 Å². The molecular weight excluding hydrogens is 326 g/mol. The number of hydrogen-bond acceptors (Lipinski definition) is 3. The second-order valence-corrected chi connectivity index (χ2v) is 6.85. The van der Waals surface area contributed by atoms with Crippen LogP contribution < -0.4 is 5.32 Å². The van der Waals surface area contributed by atoms with Gasteiger partial charge in [-0.05, 0) is 48.9 Å². The second-order valence-electron chi connectivity index (χ2n) is 6.85.